The molecule has 2 unspecified atom stereocenters. The van der Waals surface area contributed by atoms with Crippen LogP contribution < -0.4 is 25.2 Å². The van der Waals surface area contributed by atoms with Gasteiger partial charge in [-0.1, -0.05) is 5.92 Å². The molecule has 5 heterocycles. The fraction of sp³-hybridized carbons (Fsp3) is 0.520. The van der Waals surface area contributed by atoms with Gasteiger partial charge in [-0.05, 0) is 20.8 Å². The molecular weight excluding hydrogens is 494 g/mol. The molecule has 0 saturated carbocycles. The van der Waals surface area contributed by atoms with E-state index in [2.05, 4.69) is 42.0 Å². The lowest BCUT2D eigenvalue weighted by molar-refractivity contribution is 0.169. The zero-order chi connectivity index (χ0) is 26.2. The molecule has 1 amide bonds. The largest absolute Gasteiger partial charge is 0.487 e. The van der Waals surface area contributed by atoms with E-state index in [1.54, 1.807) is 13.1 Å². The minimum Gasteiger partial charge on any atom is -0.487 e. The number of methoxy groups -OCH3 is 1. The van der Waals surface area contributed by atoms with Crippen molar-refractivity contribution in [3.05, 3.63) is 23.5 Å². The van der Waals surface area contributed by atoms with Crippen molar-refractivity contribution in [2.24, 2.45) is 0 Å². The van der Waals surface area contributed by atoms with E-state index in [1.165, 1.54) is 7.11 Å². The summed E-state index contributed by atoms with van der Waals surface area (Å²) in [6.45, 7) is 8.64. The number of aromatic nitrogens is 3. The van der Waals surface area contributed by atoms with E-state index in [-0.39, 0.29) is 6.04 Å². The summed E-state index contributed by atoms with van der Waals surface area (Å²) in [6, 6.07) is 2.04. The van der Waals surface area contributed by atoms with Gasteiger partial charge in [-0.3, -0.25) is 4.21 Å². The predicted octanol–water partition coefficient (Wildman–Crippen LogP) is 1.54. The summed E-state index contributed by atoms with van der Waals surface area (Å²) in [5.41, 5.74) is 1.08. The van der Waals surface area contributed by atoms with E-state index in [0.717, 1.165) is 29.4 Å². The minimum atomic E-state index is -1.17. The molecule has 0 radical (unpaired) electrons. The van der Waals surface area contributed by atoms with E-state index < -0.39 is 22.4 Å². The number of pyridine rings is 1. The number of ether oxygens (including phenoxy) is 2. The number of anilines is 3. The van der Waals surface area contributed by atoms with Crippen molar-refractivity contribution >= 4 is 34.5 Å². The molecule has 1 fully saturated rings. The molecule has 12 heteroatoms. The second kappa shape index (κ2) is 10.0. The summed E-state index contributed by atoms with van der Waals surface area (Å²) in [5.74, 6) is 9.20. The molecule has 3 aliphatic heterocycles. The summed E-state index contributed by atoms with van der Waals surface area (Å²) in [5, 5.41) is 6.11. The van der Waals surface area contributed by atoms with Crippen molar-refractivity contribution in [1.82, 2.24) is 20.3 Å². The van der Waals surface area contributed by atoms with Crippen molar-refractivity contribution in [2.75, 3.05) is 60.8 Å². The number of carbonyl (C=O) groups is 1. The lowest BCUT2D eigenvalue weighted by Crippen LogP contribution is -2.58. The van der Waals surface area contributed by atoms with Gasteiger partial charge in [0.25, 0.3) is 0 Å². The molecule has 2 atom stereocenters. The van der Waals surface area contributed by atoms with E-state index in [4.69, 9.17) is 14.7 Å². The summed E-state index contributed by atoms with van der Waals surface area (Å²) in [7, 11) is 0.155. The third kappa shape index (κ3) is 5.13. The average Bonchev–Trinajstić information content (AvgIpc) is 3.27. The fourth-order valence-electron chi connectivity index (χ4n) is 4.76. The standard InChI is InChI=1S/C25H31N7O4S/c1-5-6-16-11-19-22(26-12-16)32-9-8-31(13-17(32)14-36-19)23-28-18-7-10-37(34)20(18)21(29-23)30-25(2,3)15-27-24(33)35-4/h11-12,17H,7-10,13-15H2,1-4H3,(H,27,33)(H,28,29,30). The maximum Gasteiger partial charge on any atom is 0.406 e. The Kier molecular flexibility index (Phi) is 6.81. The highest BCUT2D eigenvalue weighted by atomic mass is 32.2. The van der Waals surface area contributed by atoms with Crippen molar-refractivity contribution in [3.63, 3.8) is 0 Å². The zero-order valence-corrected chi connectivity index (χ0v) is 22.3. The maximum absolute atomic E-state index is 12.8. The summed E-state index contributed by atoms with van der Waals surface area (Å²) in [4.78, 5) is 31.0. The molecule has 196 valence electrons. The van der Waals surface area contributed by atoms with Crippen LogP contribution in [-0.4, -0.2) is 82.5 Å². The Hall–Kier alpha value is -3.59. The highest BCUT2D eigenvalue weighted by Gasteiger charge is 2.36. The van der Waals surface area contributed by atoms with Gasteiger partial charge in [-0.15, -0.1) is 5.92 Å². The van der Waals surface area contributed by atoms with Gasteiger partial charge in [-0.25, -0.2) is 14.8 Å². The topological polar surface area (TPSA) is 122 Å². The van der Waals surface area contributed by atoms with Crippen molar-refractivity contribution in [2.45, 2.75) is 43.7 Å². The van der Waals surface area contributed by atoms with E-state index in [0.29, 0.717) is 55.1 Å². The molecule has 3 aliphatic rings. The third-order valence-corrected chi connectivity index (χ3v) is 8.02. The Morgan fingerprint density at radius 3 is 2.97 bits per heavy atom. The van der Waals surface area contributed by atoms with Crippen LogP contribution in [0.1, 0.15) is 32.0 Å². The Bertz CT molecular complexity index is 1310. The molecular formula is C25H31N7O4S. The first-order valence-corrected chi connectivity index (χ1v) is 13.6. The van der Waals surface area contributed by atoms with Crippen molar-refractivity contribution < 1.29 is 18.5 Å². The van der Waals surface area contributed by atoms with Crippen LogP contribution >= 0.6 is 0 Å². The monoisotopic (exact) mass is 525 g/mol. The fourth-order valence-corrected chi connectivity index (χ4v) is 6.06. The number of hydrogen-bond donors (Lipinski definition) is 2. The number of fused-ring (bicyclic) bond motifs is 4. The maximum atomic E-state index is 12.8. The molecule has 0 aromatic carbocycles. The lowest BCUT2D eigenvalue weighted by atomic mass is 10.1. The van der Waals surface area contributed by atoms with Crippen LogP contribution in [0.2, 0.25) is 0 Å². The second-order valence-corrected chi connectivity index (χ2v) is 11.3. The molecule has 2 N–H and O–H groups in total. The second-order valence-electron chi connectivity index (χ2n) is 9.83. The van der Waals surface area contributed by atoms with Crippen LogP contribution in [0.3, 0.4) is 0 Å². The Labute approximate surface area is 218 Å². The number of piperazine rings is 1. The van der Waals surface area contributed by atoms with E-state index in [1.807, 2.05) is 19.9 Å². The molecule has 0 aliphatic carbocycles. The van der Waals surface area contributed by atoms with Crippen LogP contribution in [0.15, 0.2) is 17.2 Å². The average molecular weight is 526 g/mol. The smallest absolute Gasteiger partial charge is 0.406 e. The van der Waals surface area contributed by atoms with Crippen LogP contribution in [0.5, 0.6) is 5.75 Å². The number of nitrogens with one attached hydrogen (secondary N) is 2. The normalized spacial score (nSPS) is 20.0. The molecule has 0 bridgehead atoms. The van der Waals surface area contributed by atoms with Gasteiger partial charge in [0.05, 0.1) is 35.2 Å². The summed E-state index contributed by atoms with van der Waals surface area (Å²) in [6.07, 6.45) is 1.91. The summed E-state index contributed by atoms with van der Waals surface area (Å²) >= 11 is 0. The van der Waals surface area contributed by atoms with Crippen LogP contribution in [0, 0.1) is 11.8 Å². The van der Waals surface area contributed by atoms with Gasteiger partial charge >= 0.3 is 6.09 Å². The number of aryl methyl sites for hydroxylation is 1. The number of amides is 1. The van der Waals surface area contributed by atoms with Crippen LogP contribution in [-0.2, 0) is 22.0 Å². The molecule has 2 aromatic rings. The van der Waals surface area contributed by atoms with Gasteiger partial charge in [0, 0.05) is 56.2 Å². The highest BCUT2D eigenvalue weighted by molar-refractivity contribution is 7.85. The van der Waals surface area contributed by atoms with E-state index in [9.17, 15) is 9.00 Å². The van der Waals surface area contributed by atoms with Crippen molar-refractivity contribution in [1.29, 1.82) is 0 Å². The van der Waals surface area contributed by atoms with Gasteiger partial charge in [0.15, 0.2) is 11.6 Å². The summed E-state index contributed by atoms with van der Waals surface area (Å²) < 4.78 is 23.5. The molecule has 2 aromatic heterocycles. The van der Waals surface area contributed by atoms with Crippen molar-refractivity contribution in [3.8, 4) is 17.6 Å². The first-order chi connectivity index (χ1) is 17.8. The zero-order valence-electron chi connectivity index (χ0n) is 21.5. The number of nitrogens with zero attached hydrogens (tertiary/aromatic N) is 5. The Balaban J connectivity index is 1.37. The minimum absolute atomic E-state index is 0.0972. The van der Waals surface area contributed by atoms with Gasteiger partial charge in [-0.2, -0.15) is 4.98 Å². The van der Waals surface area contributed by atoms with Gasteiger partial charge in [0.1, 0.15) is 17.3 Å². The molecule has 5 rings (SSSR count). The molecule has 37 heavy (non-hydrogen) atoms. The number of alkyl carbamates (subject to hydrolysis) is 1. The molecule has 1 saturated heterocycles. The molecule has 11 nitrogen and oxygen atoms in total. The van der Waals surface area contributed by atoms with Crippen LogP contribution in [0.4, 0.5) is 22.4 Å². The Morgan fingerprint density at radius 1 is 1.35 bits per heavy atom. The predicted molar refractivity (Wildman–Crippen MR) is 141 cm³/mol. The quantitative estimate of drug-likeness (QED) is 0.556. The SMILES string of the molecule is CC#Cc1cnc2c(c1)OCC1CN(c3nc4c(c(NC(C)(C)CNC(=O)OC)n3)S(=O)CC4)CCN21. The number of carbonyl (C=O) groups excluding carboxylic acids is 1. The number of rotatable bonds is 5. The first-order valence-electron chi connectivity index (χ1n) is 12.2. The first kappa shape index (κ1) is 25.1. The molecule has 0 spiro atoms. The highest BCUT2D eigenvalue weighted by Crippen LogP contribution is 2.36. The van der Waals surface area contributed by atoms with Gasteiger partial charge < -0.3 is 29.9 Å². The van der Waals surface area contributed by atoms with Crippen LogP contribution in [0.25, 0.3) is 0 Å². The lowest BCUT2D eigenvalue weighted by Gasteiger charge is -2.44. The van der Waals surface area contributed by atoms with E-state index >= 15 is 0 Å². The third-order valence-electron chi connectivity index (χ3n) is 6.56. The van der Waals surface area contributed by atoms with Gasteiger partial charge in [0.2, 0.25) is 5.95 Å². The number of hydrogen-bond acceptors (Lipinski definition) is 10. The Morgan fingerprint density at radius 2 is 2.19 bits per heavy atom.